The summed E-state index contributed by atoms with van der Waals surface area (Å²) in [6.07, 6.45) is 1.43. The van der Waals surface area contributed by atoms with E-state index in [1.165, 1.54) is 17.6 Å². The second kappa shape index (κ2) is 6.49. The van der Waals surface area contributed by atoms with Crippen molar-refractivity contribution in [2.75, 3.05) is 0 Å². The molecule has 5 nitrogen and oxygen atoms in total. The molecule has 3 aromatic rings. The topological polar surface area (TPSA) is 90.7 Å². The molecule has 0 aliphatic rings. The fourth-order valence-corrected chi connectivity index (χ4v) is 3.16. The number of nitriles is 2. The molecule has 1 unspecified atom stereocenters. The number of carbonyl (C=O) groups excluding carboxylic acids is 1. The predicted octanol–water partition coefficient (Wildman–Crippen LogP) is 4.07. The molecule has 0 fully saturated rings. The Balaban J connectivity index is 1.91. The van der Waals surface area contributed by atoms with Crippen molar-refractivity contribution in [2.45, 2.75) is 12.8 Å². The van der Waals surface area contributed by atoms with Gasteiger partial charge in [-0.15, -0.1) is 11.3 Å². The number of benzene rings is 1. The molecule has 116 valence electrons. The van der Waals surface area contributed by atoms with E-state index in [0.717, 1.165) is 5.56 Å². The second-order valence-corrected chi connectivity index (χ2v) is 5.97. The maximum Gasteiger partial charge on any atom is 0.190 e. The van der Waals surface area contributed by atoms with Gasteiger partial charge in [0.1, 0.15) is 10.8 Å². The SMILES string of the molecule is Cc1occc1C(=O)C(C#N)c1nc(-c2ccc(C#N)cc2)cs1. The minimum atomic E-state index is -0.960. The van der Waals surface area contributed by atoms with Crippen molar-refractivity contribution in [2.24, 2.45) is 0 Å². The molecule has 2 aromatic heterocycles. The van der Waals surface area contributed by atoms with E-state index >= 15 is 0 Å². The fraction of sp³-hybridized carbons (Fsp3) is 0.111. The van der Waals surface area contributed by atoms with Crippen molar-refractivity contribution < 1.29 is 9.21 Å². The molecule has 0 aliphatic carbocycles. The molecular formula is C18H11N3O2S. The summed E-state index contributed by atoms with van der Waals surface area (Å²) in [6.45, 7) is 1.69. The minimum absolute atomic E-state index is 0.315. The Kier molecular flexibility index (Phi) is 4.24. The molecule has 0 radical (unpaired) electrons. The van der Waals surface area contributed by atoms with Crippen LogP contribution in [-0.4, -0.2) is 10.8 Å². The molecule has 3 rings (SSSR count). The molecule has 6 heteroatoms. The van der Waals surface area contributed by atoms with Gasteiger partial charge in [0.05, 0.1) is 35.2 Å². The third-order valence-corrected chi connectivity index (χ3v) is 4.50. The number of ketones is 1. The molecule has 1 aromatic carbocycles. The lowest BCUT2D eigenvalue weighted by molar-refractivity contribution is 0.0977. The van der Waals surface area contributed by atoms with E-state index in [1.807, 2.05) is 6.07 Å². The highest BCUT2D eigenvalue weighted by atomic mass is 32.1. The summed E-state index contributed by atoms with van der Waals surface area (Å²) in [5, 5.41) is 20.5. The summed E-state index contributed by atoms with van der Waals surface area (Å²) in [5.41, 5.74) is 2.47. The van der Waals surface area contributed by atoms with Gasteiger partial charge in [0, 0.05) is 10.9 Å². The van der Waals surface area contributed by atoms with Crippen molar-refractivity contribution in [1.82, 2.24) is 4.98 Å². The molecule has 1 atom stereocenters. The highest BCUT2D eigenvalue weighted by Gasteiger charge is 2.27. The first-order chi connectivity index (χ1) is 11.6. The lowest BCUT2D eigenvalue weighted by Gasteiger charge is -2.03. The first kappa shape index (κ1) is 15.7. The quantitative estimate of drug-likeness (QED) is 0.671. The Hall–Kier alpha value is -3.22. The molecular weight excluding hydrogens is 322 g/mol. The Morgan fingerprint density at radius 3 is 2.58 bits per heavy atom. The third-order valence-electron chi connectivity index (χ3n) is 3.59. The van der Waals surface area contributed by atoms with E-state index in [0.29, 0.717) is 27.6 Å². The van der Waals surface area contributed by atoms with Crippen molar-refractivity contribution in [3.8, 4) is 23.4 Å². The number of furan rings is 1. The van der Waals surface area contributed by atoms with Gasteiger partial charge in [0.25, 0.3) is 0 Å². The van der Waals surface area contributed by atoms with Crippen molar-refractivity contribution in [3.05, 3.63) is 63.9 Å². The van der Waals surface area contributed by atoms with Gasteiger partial charge in [0.2, 0.25) is 0 Å². The normalized spacial score (nSPS) is 11.5. The van der Waals surface area contributed by atoms with E-state index in [9.17, 15) is 10.1 Å². The van der Waals surface area contributed by atoms with Crippen LogP contribution < -0.4 is 0 Å². The maximum atomic E-state index is 12.5. The zero-order chi connectivity index (χ0) is 17.1. The van der Waals surface area contributed by atoms with E-state index in [1.54, 1.807) is 42.6 Å². The second-order valence-electron chi connectivity index (χ2n) is 5.08. The van der Waals surface area contributed by atoms with Crippen LogP contribution in [0.5, 0.6) is 0 Å². The number of aryl methyl sites for hydroxylation is 1. The third kappa shape index (κ3) is 2.83. The van der Waals surface area contributed by atoms with Crippen molar-refractivity contribution >= 4 is 17.1 Å². The van der Waals surface area contributed by atoms with Gasteiger partial charge in [-0.05, 0) is 25.1 Å². The van der Waals surface area contributed by atoms with Crippen LogP contribution in [0.3, 0.4) is 0 Å². The van der Waals surface area contributed by atoms with Crippen LogP contribution in [0.2, 0.25) is 0 Å². The largest absolute Gasteiger partial charge is 0.469 e. The van der Waals surface area contributed by atoms with Gasteiger partial charge in [-0.3, -0.25) is 4.79 Å². The summed E-state index contributed by atoms with van der Waals surface area (Å²) in [7, 11) is 0. The van der Waals surface area contributed by atoms with Crippen molar-refractivity contribution in [3.63, 3.8) is 0 Å². The zero-order valence-electron chi connectivity index (χ0n) is 12.7. The zero-order valence-corrected chi connectivity index (χ0v) is 13.5. The van der Waals surface area contributed by atoms with Gasteiger partial charge < -0.3 is 4.42 Å². The molecule has 0 amide bonds. The van der Waals surface area contributed by atoms with Gasteiger partial charge in [-0.25, -0.2) is 4.98 Å². The molecule has 0 saturated heterocycles. The molecule has 0 bridgehead atoms. The lowest BCUT2D eigenvalue weighted by Crippen LogP contribution is -2.11. The molecule has 0 aliphatic heterocycles. The first-order valence-corrected chi connectivity index (χ1v) is 7.96. The van der Waals surface area contributed by atoms with E-state index in [2.05, 4.69) is 11.1 Å². The first-order valence-electron chi connectivity index (χ1n) is 7.08. The van der Waals surface area contributed by atoms with Crippen LogP contribution in [-0.2, 0) is 0 Å². The number of thiazole rings is 1. The van der Waals surface area contributed by atoms with Crippen LogP contribution in [0.4, 0.5) is 0 Å². The van der Waals surface area contributed by atoms with E-state index in [4.69, 9.17) is 9.68 Å². The number of hydrogen-bond donors (Lipinski definition) is 0. The number of aromatic nitrogens is 1. The van der Waals surface area contributed by atoms with Crippen LogP contribution >= 0.6 is 11.3 Å². The van der Waals surface area contributed by atoms with Gasteiger partial charge >= 0.3 is 0 Å². The molecule has 0 N–H and O–H groups in total. The van der Waals surface area contributed by atoms with Crippen LogP contribution in [0.1, 0.15) is 32.6 Å². The average Bonchev–Trinajstić information content (AvgIpc) is 3.25. The average molecular weight is 333 g/mol. The van der Waals surface area contributed by atoms with Crippen molar-refractivity contribution in [1.29, 1.82) is 10.5 Å². The summed E-state index contributed by atoms with van der Waals surface area (Å²) >= 11 is 1.27. The number of nitrogens with zero attached hydrogens (tertiary/aromatic N) is 3. The van der Waals surface area contributed by atoms with Gasteiger partial charge in [0.15, 0.2) is 11.7 Å². The maximum absolute atomic E-state index is 12.5. The smallest absolute Gasteiger partial charge is 0.190 e. The monoisotopic (exact) mass is 333 g/mol. The van der Waals surface area contributed by atoms with Gasteiger partial charge in [-0.2, -0.15) is 10.5 Å². The van der Waals surface area contributed by atoms with E-state index in [-0.39, 0.29) is 5.78 Å². The minimum Gasteiger partial charge on any atom is -0.469 e. The van der Waals surface area contributed by atoms with Crippen LogP contribution in [0, 0.1) is 29.6 Å². The Bertz CT molecular complexity index is 971. The predicted molar refractivity (Wildman–Crippen MR) is 88.4 cm³/mol. The Morgan fingerprint density at radius 1 is 1.25 bits per heavy atom. The highest BCUT2D eigenvalue weighted by Crippen LogP contribution is 2.29. The van der Waals surface area contributed by atoms with Crippen LogP contribution in [0.15, 0.2) is 46.4 Å². The highest BCUT2D eigenvalue weighted by molar-refractivity contribution is 7.10. The molecule has 2 heterocycles. The number of carbonyl (C=O) groups is 1. The van der Waals surface area contributed by atoms with Gasteiger partial charge in [-0.1, -0.05) is 12.1 Å². The summed E-state index contributed by atoms with van der Waals surface area (Å²) in [5.74, 6) is -0.785. The number of rotatable bonds is 4. The number of hydrogen-bond acceptors (Lipinski definition) is 6. The van der Waals surface area contributed by atoms with Crippen LogP contribution in [0.25, 0.3) is 11.3 Å². The fourth-order valence-electron chi connectivity index (χ4n) is 2.29. The van der Waals surface area contributed by atoms with E-state index < -0.39 is 5.92 Å². The summed E-state index contributed by atoms with van der Waals surface area (Å²) < 4.78 is 5.14. The molecule has 0 spiro atoms. The Morgan fingerprint density at radius 2 is 2.00 bits per heavy atom. The molecule has 24 heavy (non-hydrogen) atoms. The summed E-state index contributed by atoms with van der Waals surface area (Å²) in [4.78, 5) is 17.0. The number of Topliss-reactive ketones (excluding diaryl/α,β-unsaturated/α-hetero) is 1. The standard InChI is InChI=1S/C18H11N3O2S/c1-11-14(6-7-23-11)17(22)15(9-20)18-21-16(10-24-18)13-4-2-12(8-19)3-5-13/h2-7,10,15H,1H3. The molecule has 0 saturated carbocycles. The Labute approximate surface area is 142 Å². The lowest BCUT2D eigenvalue weighted by atomic mass is 10.00. The summed E-state index contributed by atoms with van der Waals surface area (Å²) in [6, 6.07) is 12.7.